The molecule has 4 nitrogen and oxygen atoms in total. The zero-order chi connectivity index (χ0) is 18.7. The fourth-order valence-corrected chi connectivity index (χ4v) is 3.43. The maximum atomic E-state index is 13.8. The standard InChI is InChI=1S/C19H17ClFN3OS/c1-12(18(25)23-16-9-8-14(20)10-15(16)21)26-19-22-11-17(24(19)2)13-6-4-3-5-7-13/h3-12H,1-2H3,(H,23,25). The molecule has 1 amide bonds. The van der Waals surface area contributed by atoms with Gasteiger partial charge in [0.25, 0.3) is 0 Å². The number of amides is 1. The summed E-state index contributed by atoms with van der Waals surface area (Å²) in [4.78, 5) is 16.8. The van der Waals surface area contributed by atoms with Crippen molar-refractivity contribution in [3.05, 3.63) is 65.6 Å². The molecule has 1 atom stereocenters. The van der Waals surface area contributed by atoms with Crippen LogP contribution in [0.25, 0.3) is 11.3 Å². The summed E-state index contributed by atoms with van der Waals surface area (Å²) in [7, 11) is 1.90. The molecule has 26 heavy (non-hydrogen) atoms. The number of hydrogen-bond acceptors (Lipinski definition) is 3. The van der Waals surface area contributed by atoms with Crippen molar-refractivity contribution in [2.24, 2.45) is 7.05 Å². The first-order valence-electron chi connectivity index (χ1n) is 7.95. The average Bonchev–Trinajstić information content (AvgIpc) is 2.98. The Morgan fingerprint density at radius 3 is 2.69 bits per heavy atom. The Morgan fingerprint density at radius 2 is 2.00 bits per heavy atom. The van der Waals surface area contributed by atoms with Gasteiger partial charge >= 0.3 is 0 Å². The third-order valence-electron chi connectivity index (χ3n) is 3.86. The maximum absolute atomic E-state index is 13.8. The molecule has 1 unspecified atom stereocenters. The SMILES string of the molecule is CC(Sc1ncc(-c2ccccc2)n1C)C(=O)Nc1ccc(Cl)cc1F. The molecule has 0 aliphatic rings. The van der Waals surface area contributed by atoms with Gasteiger partial charge in [0.05, 0.1) is 22.8 Å². The lowest BCUT2D eigenvalue weighted by molar-refractivity contribution is -0.115. The lowest BCUT2D eigenvalue weighted by atomic mass is 10.2. The molecule has 0 bridgehead atoms. The Kier molecular flexibility index (Phi) is 5.64. The van der Waals surface area contributed by atoms with Gasteiger partial charge in [0.15, 0.2) is 5.16 Å². The number of halogens is 2. The van der Waals surface area contributed by atoms with Crippen LogP contribution < -0.4 is 5.32 Å². The summed E-state index contributed by atoms with van der Waals surface area (Å²) in [5.74, 6) is -0.869. The molecular weight excluding hydrogens is 373 g/mol. The topological polar surface area (TPSA) is 46.9 Å². The largest absolute Gasteiger partial charge is 0.323 e. The third kappa shape index (κ3) is 4.08. The normalized spacial score (nSPS) is 12.0. The zero-order valence-corrected chi connectivity index (χ0v) is 15.8. The van der Waals surface area contributed by atoms with Crippen molar-refractivity contribution < 1.29 is 9.18 Å². The summed E-state index contributed by atoms with van der Waals surface area (Å²) in [5, 5.41) is 3.13. The average molecular weight is 390 g/mol. The summed E-state index contributed by atoms with van der Waals surface area (Å²) < 4.78 is 15.8. The fourth-order valence-electron chi connectivity index (χ4n) is 2.42. The molecule has 1 N–H and O–H groups in total. The first kappa shape index (κ1) is 18.5. The van der Waals surface area contributed by atoms with E-state index in [1.807, 2.05) is 41.9 Å². The summed E-state index contributed by atoms with van der Waals surface area (Å²) in [6.07, 6.45) is 1.78. The minimum atomic E-state index is -0.564. The summed E-state index contributed by atoms with van der Waals surface area (Å²) in [6, 6.07) is 14.0. The predicted octanol–water partition coefficient (Wildman–Crippen LogP) is 5.00. The van der Waals surface area contributed by atoms with E-state index in [-0.39, 0.29) is 16.6 Å². The summed E-state index contributed by atoms with van der Waals surface area (Å²) in [6.45, 7) is 1.75. The van der Waals surface area contributed by atoms with E-state index in [1.165, 1.54) is 30.0 Å². The number of imidazole rings is 1. The second-order valence-corrected chi connectivity index (χ2v) is 7.47. The van der Waals surface area contributed by atoms with Gasteiger partial charge in [-0.1, -0.05) is 53.7 Å². The number of hydrogen-bond donors (Lipinski definition) is 1. The molecule has 0 saturated carbocycles. The van der Waals surface area contributed by atoms with Crippen LogP contribution in [-0.2, 0) is 11.8 Å². The Hall–Kier alpha value is -2.31. The van der Waals surface area contributed by atoms with Crippen molar-refractivity contribution in [3.63, 3.8) is 0 Å². The number of rotatable bonds is 5. The first-order valence-corrected chi connectivity index (χ1v) is 9.21. The number of benzene rings is 2. The van der Waals surface area contributed by atoms with E-state index in [0.29, 0.717) is 5.16 Å². The van der Waals surface area contributed by atoms with Crippen LogP contribution in [-0.4, -0.2) is 20.7 Å². The number of aromatic nitrogens is 2. The van der Waals surface area contributed by atoms with Crippen molar-refractivity contribution >= 4 is 35.0 Å². The summed E-state index contributed by atoms with van der Waals surface area (Å²) in [5.41, 5.74) is 2.12. The molecule has 0 fully saturated rings. The van der Waals surface area contributed by atoms with Crippen molar-refractivity contribution in [2.45, 2.75) is 17.3 Å². The molecule has 7 heteroatoms. The molecule has 0 radical (unpaired) electrons. The van der Waals surface area contributed by atoms with Gasteiger partial charge in [-0.3, -0.25) is 4.79 Å². The fraction of sp³-hybridized carbons (Fsp3) is 0.158. The van der Waals surface area contributed by atoms with Crippen LogP contribution >= 0.6 is 23.4 Å². The Balaban J connectivity index is 1.71. The quantitative estimate of drug-likeness (QED) is 0.625. The van der Waals surface area contributed by atoms with E-state index in [9.17, 15) is 9.18 Å². The van der Waals surface area contributed by atoms with Crippen LogP contribution in [0.15, 0.2) is 59.9 Å². The number of carbonyl (C=O) groups excluding carboxylic acids is 1. The molecule has 3 rings (SSSR count). The van der Waals surface area contributed by atoms with Gasteiger partial charge in [0.1, 0.15) is 5.82 Å². The number of nitrogens with zero attached hydrogens (tertiary/aromatic N) is 2. The Labute approximate surface area is 160 Å². The van der Waals surface area contributed by atoms with E-state index in [1.54, 1.807) is 13.1 Å². The van der Waals surface area contributed by atoms with Crippen LogP contribution in [0.5, 0.6) is 0 Å². The smallest absolute Gasteiger partial charge is 0.237 e. The predicted molar refractivity (Wildman–Crippen MR) is 104 cm³/mol. The minimum absolute atomic E-state index is 0.108. The molecule has 0 aliphatic heterocycles. The highest BCUT2D eigenvalue weighted by molar-refractivity contribution is 8.00. The highest BCUT2D eigenvalue weighted by atomic mass is 35.5. The second-order valence-electron chi connectivity index (χ2n) is 5.72. The first-order chi connectivity index (χ1) is 12.5. The highest BCUT2D eigenvalue weighted by Gasteiger charge is 2.19. The number of thioether (sulfide) groups is 1. The van der Waals surface area contributed by atoms with E-state index in [2.05, 4.69) is 10.3 Å². The van der Waals surface area contributed by atoms with E-state index < -0.39 is 11.1 Å². The molecule has 0 saturated heterocycles. The van der Waals surface area contributed by atoms with E-state index in [4.69, 9.17) is 11.6 Å². The van der Waals surface area contributed by atoms with Crippen molar-refractivity contribution in [1.82, 2.24) is 9.55 Å². The van der Waals surface area contributed by atoms with E-state index >= 15 is 0 Å². The van der Waals surface area contributed by atoms with Crippen LogP contribution in [0.1, 0.15) is 6.92 Å². The second kappa shape index (κ2) is 7.93. The van der Waals surface area contributed by atoms with Gasteiger partial charge in [-0.15, -0.1) is 0 Å². The van der Waals surface area contributed by atoms with Crippen molar-refractivity contribution in [3.8, 4) is 11.3 Å². The van der Waals surface area contributed by atoms with Crippen LogP contribution in [0.2, 0.25) is 5.02 Å². The monoisotopic (exact) mass is 389 g/mol. The summed E-state index contributed by atoms with van der Waals surface area (Å²) >= 11 is 7.04. The lowest BCUT2D eigenvalue weighted by Crippen LogP contribution is -2.23. The van der Waals surface area contributed by atoms with Gasteiger partial charge < -0.3 is 9.88 Å². The van der Waals surface area contributed by atoms with E-state index in [0.717, 1.165) is 11.3 Å². The van der Waals surface area contributed by atoms with Gasteiger partial charge in [-0.25, -0.2) is 9.37 Å². The zero-order valence-electron chi connectivity index (χ0n) is 14.2. The molecule has 134 valence electrons. The van der Waals surface area contributed by atoms with Crippen molar-refractivity contribution in [2.75, 3.05) is 5.32 Å². The number of carbonyl (C=O) groups is 1. The molecule has 0 spiro atoms. The molecule has 0 aliphatic carbocycles. The number of anilines is 1. The van der Waals surface area contributed by atoms with Crippen LogP contribution in [0.4, 0.5) is 10.1 Å². The Bertz CT molecular complexity index is 930. The molecule has 1 aromatic heterocycles. The molecule has 3 aromatic rings. The van der Waals surface area contributed by atoms with Crippen molar-refractivity contribution in [1.29, 1.82) is 0 Å². The van der Waals surface area contributed by atoms with Gasteiger partial charge in [-0.2, -0.15) is 0 Å². The molecule has 1 heterocycles. The van der Waals surface area contributed by atoms with Gasteiger partial charge in [0, 0.05) is 12.1 Å². The van der Waals surface area contributed by atoms with Crippen LogP contribution in [0.3, 0.4) is 0 Å². The van der Waals surface area contributed by atoms with Gasteiger partial charge in [0.2, 0.25) is 5.91 Å². The molecular formula is C19H17ClFN3OS. The maximum Gasteiger partial charge on any atom is 0.237 e. The van der Waals surface area contributed by atoms with Gasteiger partial charge in [-0.05, 0) is 30.7 Å². The lowest BCUT2D eigenvalue weighted by Gasteiger charge is -2.13. The minimum Gasteiger partial charge on any atom is -0.323 e. The molecule has 2 aromatic carbocycles. The highest BCUT2D eigenvalue weighted by Crippen LogP contribution is 2.28. The van der Waals surface area contributed by atoms with Crippen LogP contribution in [0, 0.1) is 5.82 Å². The Morgan fingerprint density at radius 1 is 1.27 bits per heavy atom. The third-order valence-corrected chi connectivity index (χ3v) is 5.25. The number of nitrogens with one attached hydrogen (secondary N) is 1.